The SMILES string of the molecule is CCCCCCC(F)(F)Cc1ccc(-c2ccc([C@H]3CC[C@H](CC)CC3)cc2)cc1. The number of unbranched alkanes of at least 4 members (excludes halogenated alkanes) is 3. The zero-order valence-corrected chi connectivity index (χ0v) is 18.8. The van der Waals surface area contributed by atoms with Crippen molar-refractivity contribution in [2.24, 2.45) is 5.92 Å². The smallest absolute Gasteiger partial charge is 0.207 e. The Morgan fingerprint density at radius 2 is 1.37 bits per heavy atom. The van der Waals surface area contributed by atoms with Crippen LogP contribution in [0.2, 0.25) is 0 Å². The summed E-state index contributed by atoms with van der Waals surface area (Å²) in [7, 11) is 0. The van der Waals surface area contributed by atoms with Crippen LogP contribution in [0.4, 0.5) is 8.78 Å². The van der Waals surface area contributed by atoms with Gasteiger partial charge in [-0.3, -0.25) is 0 Å². The Labute approximate surface area is 182 Å². The quantitative estimate of drug-likeness (QED) is 0.341. The molecule has 0 heterocycles. The third-order valence-corrected chi connectivity index (χ3v) is 6.95. The summed E-state index contributed by atoms with van der Waals surface area (Å²) in [6.45, 7) is 4.41. The van der Waals surface area contributed by atoms with Gasteiger partial charge in [0, 0.05) is 12.8 Å². The van der Waals surface area contributed by atoms with E-state index in [-0.39, 0.29) is 12.8 Å². The van der Waals surface area contributed by atoms with Gasteiger partial charge in [-0.2, -0.15) is 0 Å². The molecule has 1 saturated carbocycles. The van der Waals surface area contributed by atoms with Crippen molar-refractivity contribution in [1.82, 2.24) is 0 Å². The van der Waals surface area contributed by atoms with Crippen LogP contribution in [0.5, 0.6) is 0 Å². The van der Waals surface area contributed by atoms with Gasteiger partial charge in [-0.15, -0.1) is 0 Å². The average Bonchev–Trinajstić information content (AvgIpc) is 2.77. The molecule has 3 rings (SSSR count). The molecule has 164 valence electrons. The Bertz CT molecular complexity index is 737. The Morgan fingerprint density at radius 1 is 0.767 bits per heavy atom. The molecule has 1 aliphatic rings. The van der Waals surface area contributed by atoms with E-state index in [9.17, 15) is 8.78 Å². The van der Waals surface area contributed by atoms with Gasteiger partial charge in [0.2, 0.25) is 0 Å². The molecule has 0 aromatic heterocycles. The standard InChI is InChI=1S/C28H38F2/c1-3-5-6-7-20-28(29,30)21-23-10-14-25(15-11-23)27-18-16-26(17-19-27)24-12-8-22(4-2)9-13-24/h10-11,14-19,22,24H,3-9,12-13,20-21H2,1-2H3/t22-,24-. The summed E-state index contributed by atoms with van der Waals surface area (Å²) in [6.07, 6.45) is 10.1. The van der Waals surface area contributed by atoms with Crippen LogP contribution in [0.15, 0.2) is 48.5 Å². The number of hydrogen-bond donors (Lipinski definition) is 0. The molecule has 1 aliphatic carbocycles. The molecule has 0 amide bonds. The van der Waals surface area contributed by atoms with Crippen molar-refractivity contribution in [3.8, 4) is 11.1 Å². The minimum Gasteiger partial charge on any atom is -0.207 e. The zero-order chi connectivity index (χ0) is 21.4. The summed E-state index contributed by atoms with van der Waals surface area (Å²) in [4.78, 5) is 0. The molecule has 2 heteroatoms. The Balaban J connectivity index is 1.55. The summed E-state index contributed by atoms with van der Waals surface area (Å²) in [5.41, 5.74) is 4.45. The Kier molecular flexibility index (Phi) is 8.48. The lowest BCUT2D eigenvalue weighted by Gasteiger charge is -2.28. The molecule has 0 atom stereocenters. The van der Waals surface area contributed by atoms with Crippen molar-refractivity contribution in [3.05, 3.63) is 59.7 Å². The molecular formula is C28H38F2. The molecule has 0 saturated heterocycles. The number of alkyl halides is 2. The Morgan fingerprint density at radius 3 is 1.93 bits per heavy atom. The lowest BCUT2D eigenvalue weighted by Crippen LogP contribution is -2.19. The van der Waals surface area contributed by atoms with Crippen molar-refractivity contribution < 1.29 is 8.78 Å². The van der Waals surface area contributed by atoms with Crippen molar-refractivity contribution >= 4 is 0 Å². The van der Waals surface area contributed by atoms with Crippen LogP contribution < -0.4 is 0 Å². The predicted molar refractivity (Wildman–Crippen MR) is 124 cm³/mol. The molecule has 0 spiro atoms. The fourth-order valence-electron chi connectivity index (χ4n) is 4.86. The normalized spacial score (nSPS) is 19.7. The summed E-state index contributed by atoms with van der Waals surface area (Å²) >= 11 is 0. The van der Waals surface area contributed by atoms with E-state index < -0.39 is 5.92 Å². The van der Waals surface area contributed by atoms with E-state index in [0.717, 1.165) is 36.3 Å². The molecule has 0 radical (unpaired) electrons. The minimum atomic E-state index is -2.60. The van der Waals surface area contributed by atoms with Crippen molar-refractivity contribution in [2.45, 2.75) is 96.3 Å². The van der Waals surface area contributed by atoms with Crippen LogP contribution in [0, 0.1) is 5.92 Å². The van der Waals surface area contributed by atoms with Gasteiger partial charge in [0.25, 0.3) is 5.92 Å². The van der Waals surface area contributed by atoms with Crippen LogP contribution in [-0.2, 0) is 6.42 Å². The lowest BCUT2D eigenvalue weighted by molar-refractivity contribution is -0.00948. The predicted octanol–water partition coefficient (Wildman–Crippen LogP) is 9.19. The first kappa shape index (κ1) is 23.0. The van der Waals surface area contributed by atoms with Gasteiger partial charge in [0.1, 0.15) is 0 Å². The largest absolute Gasteiger partial charge is 0.252 e. The molecule has 0 aliphatic heterocycles. The number of halogens is 2. The second-order valence-electron chi connectivity index (χ2n) is 9.29. The van der Waals surface area contributed by atoms with Crippen LogP contribution in [0.25, 0.3) is 11.1 Å². The van der Waals surface area contributed by atoms with E-state index in [2.05, 4.69) is 38.1 Å². The second-order valence-corrected chi connectivity index (χ2v) is 9.29. The highest BCUT2D eigenvalue weighted by Gasteiger charge is 2.28. The highest BCUT2D eigenvalue weighted by atomic mass is 19.3. The van der Waals surface area contributed by atoms with Crippen molar-refractivity contribution in [1.29, 1.82) is 0 Å². The van der Waals surface area contributed by atoms with E-state index in [1.165, 1.54) is 43.2 Å². The summed E-state index contributed by atoms with van der Waals surface area (Å²) in [5, 5.41) is 0. The van der Waals surface area contributed by atoms with Crippen LogP contribution in [0.3, 0.4) is 0 Å². The van der Waals surface area contributed by atoms with Crippen molar-refractivity contribution in [3.63, 3.8) is 0 Å². The van der Waals surface area contributed by atoms with Crippen molar-refractivity contribution in [2.75, 3.05) is 0 Å². The summed E-state index contributed by atoms with van der Waals surface area (Å²) in [6, 6.07) is 16.6. The zero-order valence-electron chi connectivity index (χ0n) is 18.8. The lowest BCUT2D eigenvalue weighted by atomic mass is 9.77. The summed E-state index contributed by atoms with van der Waals surface area (Å²) < 4.78 is 28.5. The van der Waals surface area contributed by atoms with E-state index >= 15 is 0 Å². The van der Waals surface area contributed by atoms with Crippen LogP contribution in [0.1, 0.15) is 95.1 Å². The van der Waals surface area contributed by atoms with Crippen LogP contribution >= 0.6 is 0 Å². The monoisotopic (exact) mass is 412 g/mol. The first-order valence-corrected chi connectivity index (χ1v) is 12.1. The van der Waals surface area contributed by atoms with Crippen LogP contribution in [-0.4, -0.2) is 5.92 Å². The van der Waals surface area contributed by atoms with E-state index in [0.29, 0.717) is 12.3 Å². The molecule has 0 bridgehead atoms. The summed E-state index contributed by atoms with van der Waals surface area (Å²) in [5.74, 6) is -0.986. The number of benzene rings is 2. The first-order chi connectivity index (χ1) is 14.5. The van der Waals surface area contributed by atoms with E-state index in [1.807, 2.05) is 24.3 Å². The molecule has 30 heavy (non-hydrogen) atoms. The Hall–Kier alpha value is -1.70. The maximum atomic E-state index is 14.2. The van der Waals surface area contributed by atoms with Gasteiger partial charge in [0.05, 0.1) is 0 Å². The van der Waals surface area contributed by atoms with Gasteiger partial charge < -0.3 is 0 Å². The highest BCUT2D eigenvalue weighted by Crippen LogP contribution is 2.37. The molecule has 1 fully saturated rings. The van der Waals surface area contributed by atoms with Gasteiger partial charge >= 0.3 is 0 Å². The maximum Gasteiger partial charge on any atom is 0.252 e. The van der Waals surface area contributed by atoms with E-state index in [4.69, 9.17) is 0 Å². The van der Waals surface area contributed by atoms with Gasteiger partial charge in [0.15, 0.2) is 0 Å². The third-order valence-electron chi connectivity index (χ3n) is 6.95. The van der Waals surface area contributed by atoms with Gasteiger partial charge in [-0.05, 0) is 66.2 Å². The van der Waals surface area contributed by atoms with Gasteiger partial charge in [-0.25, -0.2) is 8.78 Å². The average molecular weight is 413 g/mol. The third kappa shape index (κ3) is 6.65. The fourth-order valence-corrected chi connectivity index (χ4v) is 4.86. The number of hydrogen-bond acceptors (Lipinski definition) is 0. The molecule has 0 nitrogen and oxygen atoms in total. The molecule has 0 N–H and O–H groups in total. The highest BCUT2D eigenvalue weighted by molar-refractivity contribution is 5.64. The van der Waals surface area contributed by atoms with E-state index in [1.54, 1.807) is 0 Å². The minimum absolute atomic E-state index is 0.00359. The van der Waals surface area contributed by atoms with Gasteiger partial charge in [-0.1, -0.05) is 88.1 Å². The maximum absolute atomic E-state index is 14.2. The molecular weight excluding hydrogens is 374 g/mol. The first-order valence-electron chi connectivity index (χ1n) is 12.1. The second kappa shape index (κ2) is 11.1. The molecule has 0 unspecified atom stereocenters. The fraction of sp³-hybridized carbons (Fsp3) is 0.571. The molecule has 2 aromatic carbocycles. The molecule has 2 aromatic rings. The topological polar surface area (TPSA) is 0 Å². The number of rotatable bonds is 10.